The van der Waals surface area contributed by atoms with E-state index in [2.05, 4.69) is 20.3 Å². The second kappa shape index (κ2) is 8.09. The first kappa shape index (κ1) is 18.1. The normalized spacial score (nSPS) is 10.4. The summed E-state index contributed by atoms with van der Waals surface area (Å²) in [5.74, 6) is 0.231. The van der Waals surface area contributed by atoms with Gasteiger partial charge in [0.15, 0.2) is 0 Å². The maximum Gasteiger partial charge on any atom is 0.270 e. The Labute approximate surface area is 153 Å². The standard InChI is InChI=1S/C18H17N5O4/c1-27-13-4-2-12(3-5-13)14-9-17(25)23(11-22-14)7-6-19-18(26)15-8-16(24)21-10-20-15/h2-5,8-11H,6-7H2,1H3,(H,19,26)(H,20,21,24). The summed E-state index contributed by atoms with van der Waals surface area (Å²) in [7, 11) is 1.58. The molecule has 0 bridgehead atoms. The molecule has 3 rings (SSSR count). The minimum Gasteiger partial charge on any atom is -0.497 e. The van der Waals surface area contributed by atoms with Crippen LogP contribution in [0.3, 0.4) is 0 Å². The number of amides is 1. The summed E-state index contributed by atoms with van der Waals surface area (Å²) in [6.07, 6.45) is 2.59. The third-order valence-electron chi connectivity index (χ3n) is 3.81. The molecule has 2 heterocycles. The van der Waals surface area contributed by atoms with Gasteiger partial charge in [0.05, 0.1) is 25.5 Å². The zero-order valence-electron chi connectivity index (χ0n) is 14.5. The first-order chi connectivity index (χ1) is 13.1. The van der Waals surface area contributed by atoms with E-state index in [-0.39, 0.29) is 24.3 Å². The maximum atomic E-state index is 12.3. The number of carbonyl (C=O) groups is 1. The molecule has 1 amide bonds. The third-order valence-corrected chi connectivity index (χ3v) is 3.81. The fourth-order valence-corrected chi connectivity index (χ4v) is 2.39. The lowest BCUT2D eigenvalue weighted by Gasteiger charge is -2.08. The van der Waals surface area contributed by atoms with E-state index in [1.807, 2.05) is 12.1 Å². The Morgan fingerprint density at radius 1 is 1.19 bits per heavy atom. The van der Waals surface area contributed by atoms with E-state index in [1.54, 1.807) is 19.2 Å². The highest BCUT2D eigenvalue weighted by Crippen LogP contribution is 2.19. The van der Waals surface area contributed by atoms with Crippen LogP contribution in [0.1, 0.15) is 10.5 Å². The molecule has 9 heteroatoms. The van der Waals surface area contributed by atoms with Crippen molar-refractivity contribution < 1.29 is 9.53 Å². The fourth-order valence-electron chi connectivity index (χ4n) is 2.39. The predicted molar refractivity (Wildman–Crippen MR) is 97.7 cm³/mol. The number of ether oxygens (including phenoxy) is 1. The van der Waals surface area contributed by atoms with E-state index in [9.17, 15) is 14.4 Å². The van der Waals surface area contributed by atoms with Crippen LogP contribution in [0.2, 0.25) is 0 Å². The molecule has 3 aromatic rings. The predicted octanol–water partition coefficient (Wildman–Crippen LogP) is 0.432. The van der Waals surface area contributed by atoms with E-state index in [4.69, 9.17) is 4.74 Å². The molecular weight excluding hydrogens is 350 g/mol. The van der Waals surface area contributed by atoms with Crippen molar-refractivity contribution in [3.63, 3.8) is 0 Å². The Kier molecular flexibility index (Phi) is 5.41. The molecule has 138 valence electrons. The average molecular weight is 367 g/mol. The van der Waals surface area contributed by atoms with Crippen molar-refractivity contribution in [2.45, 2.75) is 6.54 Å². The van der Waals surface area contributed by atoms with Crippen LogP contribution in [0.25, 0.3) is 11.3 Å². The van der Waals surface area contributed by atoms with Crippen LogP contribution < -0.4 is 21.2 Å². The van der Waals surface area contributed by atoms with Crippen LogP contribution in [0.4, 0.5) is 0 Å². The smallest absolute Gasteiger partial charge is 0.270 e. The third kappa shape index (κ3) is 4.46. The van der Waals surface area contributed by atoms with Crippen molar-refractivity contribution in [2.75, 3.05) is 13.7 Å². The number of hydrogen-bond donors (Lipinski definition) is 2. The Morgan fingerprint density at radius 3 is 2.63 bits per heavy atom. The summed E-state index contributed by atoms with van der Waals surface area (Å²) in [5.41, 5.74) is 0.715. The molecule has 0 atom stereocenters. The molecule has 0 saturated carbocycles. The molecule has 0 saturated heterocycles. The second-order valence-corrected chi connectivity index (χ2v) is 5.59. The van der Waals surface area contributed by atoms with Gasteiger partial charge in [-0.25, -0.2) is 9.97 Å². The highest BCUT2D eigenvalue weighted by Gasteiger charge is 2.08. The van der Waals surface area contributed by atoms with Crippen LogP contribution in [0.15, 0.2) is 58.6 Å². The average Bonchev–Trinajstić information content (AvgIpc) is 2.69. The number of carbonyl (C=O) groups excluding carboxylic acids is 1. The largest absolute Gasteiger partial charge is 0.497 e. The van der Waals surface area contributed by atoms with E-state index >= 15 is 0 Å². The van der Waals surface area contributed by atoms with Crippen molar-refractivity contribution in [3.05, 3.63) is 75.5 Å². The number of aromatic amines is 1. The monoisotopic (exact) mass is 367 g/mol. The number of rotatable bonds is 6. The lowest BCUT2D eigenvalue weighted by atomic mass is 10.1. The van der Waals surface area contributed by atoms with Gasteiger partial charge in [0.25, 0.3) is 17.0 Å². The zero-order chi connectivity index (χ0) is 19.2. The molecule has 0 aliphatic carbocycles. The molecule has 2 N–H and O–H groups in total. The first-order valence-electron chi connectivity index (χ1n) is 8.10. The molecule has 27 heavy (non-hydrogen) atoms. The molecule has 0 fully saturated rings. The minimum absolute atomic E-state index is 0.0130. The minimum atomic E-state index is -0.489. The molecule has 0 aliphatic rings. The van der Waals surface area contributed by atoms with E-state index in [1.165, 1.54) is 17.0 Å². The summed E-state index contributed by atoms with van der Waals surface area (Å²) in [6, 6.07) is 9.76. The lowest BCUT2D eigenvalue weighted by molar-refractivity contribution is 0.0947. The van der Waals surface area contributed by atoms with E-state index < -0.39 is 11.5 Å². The van der Waals surface area contributed by atoms with Crippen LogP contribution in [-0.2, 0) is 6.54 Å². The first-order valence-corrected chi connectivity index (χ1v) is 8.10. The van der Waals surface area contributed by atoms with Gasteiger partial charge in [-0.3, -0.25) is 19.0 Å². The van der Waals surface area contributed by atoms with E-state index in [0.29, 0.717) is 5.69 Å². The number of methoxy groups -OCH3 is 1. The molecule has 9 nitrogen and oxygen atoms in total. The molecular formula is C18H17N5O4. The Hall–Kier alpha value is -3.75. The Bertz CT molecular complexity index is 1060. The van der Waals surface area contributed by atoms with Gasteiger partial charge < -0.3 is 15.0 Å². The summed E-state index contributed by atoms with van der Waals surface area (Å²) < 4.78 is 6.49. The Morgan fingerprint density at radius 2 is 1.96 bits per heavy atom. The summed E-state index contributed by atoms with van der Waals surface area (Å²) in [5, 5.41) is 2.61. The molecule has 0 unspecified atom stereocenters. The van der Waals surface area contributed by atoms with Gasteiger partial charge in [-0.1, -0.05) is 0 Å². The van der Waals surface area contributed by atoms with Gasteiger partial charge in [0.2, 0.25) is 0 Å². The summed E-state index contributed by atoms with van der Waals surface area (Å²) in [6.45, 7) is 0.431. The van der Waals surface area contributed by atoms with Crippen molar-refractivity contribution in [1.82, 2.24) is 24.8 Å². The van der Waals surface area contributed by atoms with Gasteiger partial charge in [-0.15, -0.1) is 0 Å². The number of nitrogens with one attached hydrogen (secondary N) is 2. The number of nitrogens with zero attached hydrogens (tertiary/aromatic N) is 3. The fraction of sp³-hybridized carbons (Fsp3) is 0.167. The van der Waals surface area contributed by atoms with Crippen LogP contribution in [0, 0.1) is 0 Å². The molecule has 2 aromatic heterocycles. The summed E-state index contributed by atoms with van der Waals surface area (Å²) >= 11 is 0. The number of H-pyrrole nitrogens is 1. The van der Waals surface area contributed by atoms with Crippen molar-refractivity contribution in [2.24, 2.45) is 0 Å². The zero-order valence-corrected chi connectivity index (χ0v) is 14.5. The van der Waals surface area contributed by atoms with Crippen LogP contribution in [-0.4, -0.2) is 39.1 Å². The topological polar surface area (TPSA) is 119 Å². The quantitative estimate of drug-likeness (QED) is 0.652. The van der Waals surface area contributed by atoms with E-state index in [0.717, 1.165) is 23.7 Å². The van der Waals surface area contributed by atoms with Gasteiger partial charge in [0, 0.05) is 30.8 Å². The maximum absolute atomic E-state index is 12.3. The molecule has 0 spiro atoms. The summed E-state index contributed by atoms with van der Waals surface area (Å²) in [4.78, 5) is 45.8. The lowest BCUT2D eigenvalue weighted by Crippen LogP contribution is -2.31. The van der Waals surface area contributed by atoms with Crippen molar-refractivity contribution >= 4 is 5.91 Å². The number of aromatic nitrogens is 4. The SMILES string of the molecule is COc1ccc(-c2cc(=O)n(CCNC(=O)c3cc(=O)[nH]cn3)cn2)cc1. The Balaban J connectivity index is 1.63. The molecule has 0 aliphatic heterocycles. The van der Waals surface area contributed by atoms with Crippen LogP contribution >= 0.6 is 0 Å². The number of hydrogen-bond acceptors (Lipinski definition) is 6. The second-order valence-electron chi connectivity index (χ2n) is 5.59. The molecule has 0 radical (unpaired) electrons. The molecule has 1 aromatic carbocycles. The van der Waals surface area contributed by atoms with Crippen molar-refractivity contribution in [1.29, 1.82) is 0 Å². The highest BCUT2D eigenvalue weighted by molar-refractivity contribution is 5.91. The van der Waals surface area contributed by atoms with Gasteiger partial charge in [-0.05, 0) is 24.3 Å². The van der Waals surface area contributed by atoms with Gasteiger partial charge >= 0.3 is 0 Å². The van der Waals surface area contributed by atoms with Gasteiger partial charge in [0.1, 0.15) is 11.4 Å². The van der Waals surface area contributed by atoms with Crippen LogP contribution in [0.5, 0.6) is 5.75 Å². The highest BCUT2D eigenvalue weighted by atomic mass is 16.5. The number of benzene rings is 1. The van der Waals surface area contributed by atoms with Crippen molar-refractivity contribution in [3.8, 4) is 17.0 Å². The van der Waals surface area contributed by atoms with Gasteiger partial charge in [-0.2, -0.15) is 0 Å².